The zero-order valence-electron chi connectivity index (χ0n) is 23.1. The van der Waals surface area contributed by atoms with Gasteiger partial charge in [0, 0.05) is 22.0 Å². The highest BCUT2D eigenvalue weighted by Gasteiger charge is 2.43. The van der Waals surface area contributed by atoms with Crippen molar-refractivity contribution in [2.45, 2.75) is 90.7 Å². The summed E-state index contributed by atoms with van der Waals surface area (Å²) in [5, 5.41) is 11.1. The molecular weight excluding hydrogens is 519 g/mol. The summed E-state index contributed by atoms with van der Waals surface area (Å²) in [6.45, 7) is 10.3. The smallest absolute Gasteiger partial charge is 0.226 e. The van der Waals surface area contributed by atoms with E-state index in [-0.39, 0.29) is 30.0 Å². The fourth-order valence-electron chi connectivity index (χ4n) is 5.34. The van der Waals surface area contributed by atoms with Crippen molar-refractivity contribution >= 4 is 29.1 Å². The third-order valence-corrected chi connectivity index (χ3v) is 7.75. The zero-order valence-corrected chi connectivity index (χ0v) is 24.6. The molecule has 5 nitrogen and oxygen atoms in total. The molecule has 4 unspecified atom stereocenters. The monoisotopic (exact) mass is 558 g/mol. The van der Waals surface area contributed by atoms with Gasteiger partial charge in [-0.2, -0.15) is 5.26 Å². The molecule has 0 saturated carbocycles. The molecule has 2 aliphatic rings. The highest BCUT2D eigenvalue weighted by atomic mass is 35.5. The molecule has 4 atom stereocenters. The number of benzene rings is 2. The van der Waals surface area contributed by atoms with Gasteiger partial charge < -0.3 is 14.4 Å². The van der Waals surface area contributed by atoms with Crippen LogP contribution in [0.4, 0.5) is 0 Å². The Labute approximate surface area is 238 Å². The summed E-state index contributed by atoms with van der Waals surface area (Å²) < 4.78 is 11.7. The second-order valence-corrected chi connectivity index (χ2v) is 12.2. The van der Waals surface area contributed by atoms with Crippen LogP contribution in [0.1, 0.15) is 78.3 Å². The Hall–Kier alpha value is -2.10. The van der Waals surface area contributed by atoms with Crippen LogP contribution >= 0.6 is 23.2 Å². The third kappa shape index (κ3) is 8.45. The molecule has 2 aromatic carbocycles. The van der Waals surface area contributed by atoms with Gasteiger partial charge in [-0.15, -0.1) is 0 Å². The van der Waals surface area contributed by atoms with Crippen LogP contribution in [-0.2, 0) is 14.3 Å². The van der Waals surface area contributed by atoms with Gasteiger partial charge in [-0.3, -0.25) is 4.79 Å². The Morgan fingerprint density at radius 3 is 2.21 bits per heavy atom. The number of hydrogen-bond acceptors (Lipinski definition) is 4. The SMILES string of the molecule is CCC(CC(C)(C)C#N)N1C(=O)C(CC2COC(C)(C)O2)CCC1c1ccc(Cl)cc1.Clc1ccccc1. The average molecular weight is 560 g/mol. The number of rotatable bonds is 7. The first-order valence-electron chi connectivity index (χ1n) is 13.5. The summed E-state index contributed by atoms with van der Waals surface area (Å²) in [4.78, 5) is 15.9. The molecule has 0 bridgehead atoms. The lowest BCUT2D eigenvalue weighted by atomic mass is 9.80. The lowest BCUT2D eigenvalue weighted by molar-refractivity contribution is -0.153. The van der Waals surface area contributed by atoms with E-state index >= 15 is 0 Å². The number of halogens is 2. The van der Waals surface area contributed by atoms with Crippen molar-refractivity contribution < 1.29 is 14.3 Å². The molecule has 0 aromatic heterocycles. The second-order valence-electron chi connectivity index (χ2n) is 11.3. The van der Waals surface area contributed by atoms with Crippen molar-refractivity contribution in [2.24, 2.45) is 11.3 Å². The highest BCUT2D eigenvalue weighted by Crippen LogP contribution is 2.41. The number of carbonyl (C=O) groups excluding carboxylic acids is 1. The second kappa shape index (κ2) is 13.3. The number of ether oxygens (including phenoxy) is 2. The molecule has 2 heterocycles. The maximum atomic E-state index is 13.8. The molecule has 0 aliphatic carbocycles. The minimum atomic E-state index is -0.587. The first-order chi connectivity index (χ1) is 17.9. The number of likely N-dealkylation sites (tertiary alicyclic amines) is 1. The molecule has 0 spiro atoms. The number of piperidine rings is 1. The van der Waals surface area contributed by atoms with Gasteiger partial charge in [-0.1, -0.05) is 60.5 Å². The Kier molecular flexibility index (Phi) is 10.7. The molecule has 2 aromatic rings. The van der Waals surface area contributed by atoms with Gasteiger partial charge in [0.05, 0.1) is 30.2 Å². The first-order valence-corrected chi connectivity index (χ1v) is 14.2. The summed E-state index contributed by atoms with van der Waals surface area (Å²) in [7, 11) is 0. The Morgan fingerprint density at radius 1 is 1.08 bits per heavy atom. The minimum absolute atomic E-state index is 0.00218. The van der Waals surface area contributed by atoms with E-state index in [9.17, 15) is 10.1 Å². The van der Waals surface area contributed by atoms with E-state index in [1.165, 1.54) is 0 Å². The van der Waals surface area contributed by atoms with Crippen LogP contribution in [0, 0.1) is 22.7 Å². The summed E-state index contributed by atoms with van der Waals surface area (Å²) in [6, 6.07) is 19.7. The van der Waals surface area contributed by atoms with E-state index in [2.05, 4.69) is 17.9 Å². The number of hydrogen-bond donors (Lipinski definition) is 0. The van der Waals surface area contributed by atoms with E-state index < -0.39 is 11.2 Å². The van der Waals surface area contributed by atoms with E-state index in [4.69, 9.17) is 32.7 Å². The fourth-order valence-corrected chi connectivity index (χ4v) is 5.61. The van der Waals surface area contributed by atoms with Crippen molar-refractivity contribution in [2.75, 3.05) is 6.61 Å². The molecule has 0 N–H and O–H groups in total. The Balaban J connectivity index is 0.000000494. The molecule has 0 radical (unpaired) electrons. The average Bonchev–Trinajstić information content (AvgIpc) is 3.23. The van der Waals surface area contributed by atoms with Crippen molar-refractivity contribution in [3.63, 3.8) is 0 Å². The molecule has 2 fully saturated rings. The molecule has 2 aliphatic heterocycles. The predicted molar refractivity (Wildman–Crippen MR) is 153 cm³/mol. The van der Waals surface area contributed by atoms with Crippen LogP contribution in [0.25, 0.3) is 0 Å². The third-order valence-electron chi connectivity index (χ3n) is 7.24. The fraction of sp³-hybridized carbons (Fsp3) is 0.548. The standard InChI is InChI=1S/C25H35ClN2O3.C6H5Cl/c1-6-20(14-24(2,3)16-27)28-22(17-7-10-19(26)11-8-17)12-9-18(23(28)29)13-21-15-30-25(4,5)31-21;7-6-4-2-1-3-5-6/h7-8,10-11,18,20-22H,6,9,12-15H2,1-5H3;1-5H. The van der Waals surface area contributed by atoms with Gasteiger partial charge >= 0.3 is 0 Å². The summed E-state index contributed by atoms with van der Waals surface area (Å²) in [5.41, 5.74) is 0.608. The van der Waals surface area contributed by atoms with E-state index in [0.717, 1.165) is 29.8 Å². The topological polar surface area (TPSA) is 62.6 Å². The molecule has 7 heteroatoms. The van der Waals surface area contributed by atoms with Crippen molar-refractivity contribution in [1.82, 2.24) is 4.90 Å². The van der Waals surface area contributed by atoms with Crippen molar-refractivity contribution in [3.05, 3.63) is 70.2 Å². The van der Waals surface area contributed by atoms with Crippen molar-refractivity contribution in [1.29, 1.82) is 5.26 Å². The van der Waals surface area contributed by atoms with Gasteiger partial charge in [0.15, 0.2) is 5.79 Å². The van der Waals surface area contributed by atoms with Crippen LogP contribution < -0.4 is 0 Å². The maximum Gasteiger partial charge on any atom is 0.226 e. The van der Waals surface area contributed by atoms with Crippen LogP contribution in [-0.4, -0.2) is 35.3 Å². The quantitative estimate of drug-likeness (QED) is 0.343. The van der Waals surface area contributed by atoms with Crippen LogP contribution in [0.5, 0.6) is 0 Å². The van der Waals surface area contributed by atoms with Crippen LogP contribution in [0.3, 0.4) is 0 Å². The van der Waals surface area contributed by atoms with E-state index in [1.807, 2.05) is 82.3 Å². The molecule has 38 heavy (non-hydrogen) atoms. The van der Waals surface area contributed by atoms with E-state index in [0.29, 0.717) is 24.5 Å². The Bertz CT molecular complexity index is 1080. The predicted octanol–water partition coefficient (Wildman–Crippen LogP) is 8.22. The van der Waals surface area contributed by atoms with Gasteiger partial charge in [0.25, 0.3) is 0 Å². The minimum Gasteiger partial charge on any atom is -0.348 e. The normalized spacial score (nSPS) is 23.8. The lowest BCUT2D eigenvalue weighted by Gasteiger charge is -2.45. The Morgan fingerprint density at radius 2 is 1.71 bits per heavy atom. The molecule has 2 saturated heterocycles. The number of nitriles is 1. The summed E-state index contributed by atoms with van der Waals surface area (Å²) in [6.07, 6.45) is 3.78. The van der Waals surface area contributed by atoms with Gasteiger partial charge in [-0.05, 0) is 89.6 Å². The molecular formula is C31H40Cl2N2O3. The lowest BCUT2D eigenvalue weighted by Crippen LogP contribution is -2.50. The molecule has 1 amide bonds. The van der Waals surface area contributed by atoms with Gasteiger partial charge in [0.1, 0.15) is 0 Å². The van der Waals surface area contributed by atoms with E-state index in [1.54, 1.807) is 0 Å². The van der Waals surface area contributed by atoms with Crippen LogP contribution in [0.2, 0.25) is 10.0 Å². The van der Waals surface area contributed by atoms with Crippen molar-refractivity contribution in [3.8, 4) is 6.07 Å². The van der Waals surface area contributed by atoms with Gasteiger partial charge in [-0.25, -0.2) is 0 Å². The number of amides is 1. The summed E-state index contributed by atoms with van der Waals surface area (Å²) >= 11 is 11.7. The molecule has 4 rings (SSSR count). The zero-order chi connectivity index (χ0) is 27.9. The number of carbonyl (C=O) groups is 1. The maximum absolute atomic E-state index is 13.8. The first kappa shape index (κ1) is 30.4. The summed E-state index contributed by atoms with van der Waals surface area (Å²) in [5.74, 6) is -0.512. The van der Waals surface area contributed by atoms with Gasteiger partial charge in [0.2, 0.25) is 5.91 Å². The van der Waals surface area contributed by atoms with Crippen LogP contribution in [0.15, 0.2) is 54.6 Å². The highest BCUT2D eigenvalue weighted by molar-refractivity contribution is 6.30. The number of nitrogens with zero attached hydrogens (tertiary/aromatic N) is 2. The molecule has 206 valence electrons. The largest absolute Gasteiger partial charge is 0.348 e.